The van der Waals surface area contributed by atoms with E-state index in [1.165, 1.54) is 18.5 Å². The first-order chi connectivity index (χ1) is 9.86. The van der Waals surface area contributed by atoms with Crippen LogP contribution in [0.4, 0.5) is 10.1 Å². The highest BCUT2D eigenvalue weighted by molar-refractivity contribution is 7.84. The number of nitrogen functional groups attached to an aromatic ring is 1. The van der Waals surface area contributed by atoms with Crippen LogP contribution in [0.15, 0.2) is 28.0 Å². The zero-order valence-electron chi connectivity index (χ0n) is 11.3. The second-order valence-corrected chi connectivity index (χ2v) is 5.67. The number of anilines is 1. The summed E-state index contributed by atoms with van der Waals surface area (Å²) in [7, 11) is -1.47. The van der Waals surface area contributed by atoms with Crippen LogP contribution < -0.4 is 11.3 Å². The first-order valence-electron chi connectivity index (χ1n) is 5.78. The monoisotopic (exact) mass is 306 g/mol. The summed E-state index contributed by atoms with van der Waals surface area (Å²) in [6, 6.07) is 4.22. The van der Waals surface area contributed by atoms with Crippen molar-refractivity contribution in [2.75, 3.05) is 12.0 Å². The van der Waals surface area contributed by atoms with Crippen molar-refractivity contribution >= 4 is 16.5 Å². The molecule has 0 aliphatic carbocycles. The predicted molar refractivity (Wildman–Crippen MR) is 76.0 cm³/mol. The van der Waals surface area contributed by atoms with Crippen molar-refractivity contribution in [2.24, 2.45) is 0 Å². The van der Waals surface area contributed by atoms with Gasteiger partial charge in [0.05, 0.1) is 33.5 Å². The van der Waals surface area contributed by atoms with Crippen LogP contribution in [-0.2, 0) is 10.8 Å². The molecule has 108 valence electrons. The lowest BCUT2D eigenvalue weighted by atomic mass is 10.1. The van der Waals surface area contributed by atoms with E-state index in [4.69, 9.17) is 11.0 Å². The molecule has 0 fully saturated rings. The Bertz CT molecular complexity index is 854. The molecule has 0 aliphatic heterocycles. The van der Waals surface area contributed by atoms with Crippen LogP contribution in [0.25, 0.3) is 5.69 Å². The van der Waals surface area contributed by atoms with Crippen LogP contribution >= 0.6 is 0 Å². The minimum atomic E-state index is -1.47. The van der Waals surface area contributed by atoms with Gasteiger partial charge in [0.25, 0.3) is 5.56 Å². The second-order valence-electron chi connectivity index (χ2n) is 4.32. The summed E-state index contributed by atoms with van der Waals surface area (Å²) in [6.45, 7) is 1.62. The Morgan fingerprint density at radius 3 is 2.71 bits per heavy atom. The largest absolute Gasteiger partial charge is 0.393 e. The van der Waals surface area contributed by atoms with Crippen molar-refractivity contribution < 1.29 is 8.60 Å². The Morgan fingerprint density at radius 2 is 2.14 bits per heavy atom. The molecule has 0 radical (unpaired) electrons. The van der Waals surface area contributed by atoms with Crippen LogP contribution in [0.2, 0.25) is 0 Å². The van der Waals surface area contributed by atoms with Crippen molar-refractivity contribution in [3.63, 3.8) is 0 Å². The van der Waals surface area contributed by atoms with Gasteiger partial charge in [0.15, 0.2) is 0 Å². The average molecular weight is 306 g/mol. The van der Waals surface area contributed by atoms with Gasteiger partial charge in [-0.3, -0.25) is 9.00 Å². The van der Waals surface area contributed by atoms with Crippen LogP contribution in [0.5, 0.6) is 0 Å². The number of nitrogens with two attached hydrogens (primary N) is 1. The minimum absolute atomic E-state index is 0.0991. The van der Waals surface area contributed by atoms with Gasteiger partial charge < -0.3 is 5.73 Å². The third-order valence-electron chi connectivity index (χ3n) is 2.93. The first-order valence-corrected chi connectivity index (χ1v) is 7.34. The first kappa shape index (κ1) is 14.9. The summed E-state index contributed by atoms with van der Waals surface area (Å²) >= 11 is 0. The predicted octanol–water partition coefficient (Wildman–Crippen LogP) is 0.871. The van der Waals surface area contributed by atoms with E-state index >= 15 is 0 Å². The number of benzene rings is 1. The Labute approximate surface area is 122 Å². The van der Waals surface area contributed by atoms with E-state index in [1.807, 2.05) is 6.07 Å². The highest BCUT2D eigenvalue weighted by atomic mass is 32.2. The van der Waals surface area contributed by atoms with E-state index in [9.17, 15) is 13.4 Å². The van der Waals surface area contributed by atoms with Crippen LogP contribution in [0, 0.1) is 24.1 Å². The Morgan fingerprint density at radius 1 is 1.48 bits per heavy atom. The van der Waals surface area contributed by atoms with E-state index in [0.29, 0.717) is 5.56 Å². The Balaban J connectivity index is 2.73. The van der Waals surface area contributed by atoms with Gasteiger partial charge >= 0.3 is 0 Å². The van der Waals surface area contributed by atoms with Crippen LogP contribution in [0.1, 0.15) is 11.1 Å². The molecule has 2 aromatic rings. The fourth-order valence-electron chi connectivity index (χ4n) is 1.80. The molecule has 21 heavy (non-hydrogen) atoms. The number of halogens is 1. The summed E-state index contributed by atoms with van der Waals surface area (Å²) in [5.74, 6) is -0.767. The number of aryl methyl sites for hydroxylation is 1. The molecule has 2 rings (SSSR count). The normalized spacial score (nSPS) is 11.9. The molecule has 0 spiro atoms. The molecule has 0 saturated heterocycles. The SMILES string of the molecule is Cc1cc(-n2ncc(S(C)=O)c(N)c2=O)c(F)cc1C#N. The molecular weight excluding hydrogens is 295 g/mol. The molecule has 8 heteroatoms. The molecule has 0 saturated carbocycles. The van der Waals surface area contributed by atoms with Gasteiger partial charge in [-0.05, 0) is 24.6 Å². The van der Waals surface area contributed by atoms with E-state index in [2.05, 4.69) is 5.10 Å². The Kier molecular flexibility index (Phi) is 3.86. The van der Waals surface area contributed by atoms with Crippen molar-refractivity contribution in [3.05, 3.63) is 45.6 Å². The zero-order valence-corrected chi connectivity index (χ0v) is 12.1. The maximum atomic E-state index is 14.0. The molecule has 0 bridgehead atoms. The van der Waals surface area contributed by atoms with E-state index < -0.39 is 22.2 Å². The highest BCUT2D eigenvalue weighted by Crippen LogP contribution is 2.18. The molecule has 1 unspecified atom stereocenters. The lowest BCUT2D eigenvalue weighted by Crippen LogP contribution is -2.26. The summed E-state index contributed by atoms with van der Waals surface area (Å²) < 4.78 is 26.2. The lowest BCUT2D eigenvalue weighted by Gasteiger charge is -2.10. The highest BCUT2D eigenvalue weighted by Gasteiger charge is 2.16. The number of rotatable bonds is 2. The van der Waals surface area contributed by atoms with Gasteiger partial charge in [-0.25, -0.2) is 4.39 Å². The average Bonchev–Trinajstić information content (AvgIpc) is 2.43. The molecule has 1 aromatic heterocycles. The number of hydrogen-bond donors (Lipinski definition) is 1. The molecular formula is C13H11FN4O2S. The fraction of sp³-hybridized carbons (Fsp3) is 0.154. The molecule has 1 aromatic carbocycles. The second kappa shape index (κ2) is 5.46. The maximum Gasteiger partial charge on any atom is 0.295 e. The van der Waals surface area contributed by atoms with E-state index in [0.717, 1.165) is 10.7 Å². The topological polar surface area (TPSA) is 102 Å². The van der Waals surface area contributed by atoms with Crippen LogP contribution in [0.3, 0.4) is 0 Å². The van der Waals surface area contributed by atoms with Gasteiger partial charge in [-0.1, -0.05) is 0 Å². The van der Waals surface area contributed by atoms with Crippen LogP contribution in [-0.4, -0.2) is 20.2 Å². The molecule has 0 aliphatic rings. The summed E-state index contributed by atoms with van der Waals surface area (Å²) in [5.41, 5.74) is 5.18. The molecule has 6 nitrogen and oxygen atoms in total. The smallest absolute Gasteiger partial charge is 0.295 e. The van der Waals surface area contributed by atoms with Gasteiger partial charge in [0.2, 0.25) is 0 Å². The standard InChI is InChI=1S/C13H11FN4O2S/c1-7-3-10(9(14)4-8(7)5-15)18-13(19)12(16)11(6-17-18)21(2)20/h3-4,6H,16H2,1-2H3. The number of nitrogens with zero attached hydrogens (tertiary/aromatic N) is 3. The number of hydrogen-bond acceptors (Lipinski definition) is 5. The van der Waals surface area contributed by atoms with E-state index in [1.54, 1.807) is 6.92 Å². The van der Waals surface area contributed by atoms with Gasteiger partial charge in [0, 0.05) is 6.26 Å². The number of nitriles is 1. The lowest BCUT2D eigenvalue weighted by molar-refractivity contribution is 0.603. The summed E-state index contributed by atoms with van der Waals surface area (Å²) in [4.78, 5) is 12.2. The van der Waals surface area contributed by atoms with Crippen molar-refractivity contribution in [1.29, 1.82) is 5.26 Å². The fourth-order valence-corrected chi connectivity index (χ4v) is 2.39. The van der Waals surface area contributed by atoms with Crippen molar-refractivity contribution in [1.82, 2.24) is 9.78 Å². The third kappa shape index (κ3) is 2.55. The minimum Gasteiger partial charge on any atom is -0.393 e. The third-order valence-corrected chi connectivity index (χ3v) is 3.88. The molecule has 1 atom stereocenters. The zero-order chi connectivity index (χ0) is 15.7. The van der Waals surface area contributed by atoms with Crippen molar-refractivity contribution in [2.45, 2.75) is 11.8 Å². The van der Waals surface area contributed by atoms with Gasteiger partial charge in [-0.2, -0.15) is 15.0 Å². The quantitative estimate of drug-likeness (QED) is 0.887. The van der Waals surface area contributed by atoms with Gasteiger partial charge in [0.1, 0.15) is 17.2 Å². The van der Waals surface area contributed by atoms with E-state index in [-0.39, 0.29) is 21.8 Å². The van der Waals surface area contributed by atoms with Crippen molar-refractivity contribution in [3.8, 4) is 11.8 Å². The van der Waals surface area contributed by atoms with Gasteiger partial charge in [-0.15, -0.1) is 0 Å². The maximum absolute atomic E-state index is 14.0. The summed E-state index contributed by atoms with van der Waals surface area (Å²) in [6.07, 6.45) is 2.53. The Hall–Kier alpha value is -2.53. The number of aromatic nitrogens is 2. The molecule has 2 N–H and O–H groups in total. The molecule has 0 amide bonds. The summed E-state index contributed by atoms with van der Waals surface area (Å²) in [5, 5.41) is 12.6. The molecule has 1 heterocycles.